The van der Waals surface area contributed by atoms with Crippen molar-refractivity contribution in [2.75, 3.05) is 13.1 Å². The van der Waals surface area contributed by atoms with Gasteiger partial charge in [0, 0.05) is 31.7 Å². The summed E-state index contributed by atoms with van der Waals surface area (Å²) in [5.41, 5.74) is 1.43. The van der Waals surface area contributed by atoms with E-state index >= 15 is 0 Å². The van der Waals surface area contributed by atoms with Crippen molar-refractivity contribution < 1.29 is 0 Å². The third-order valence-electron chi connectivity index (χ3n) is 4.26. The third-order valence-corrected chi connectivity index (χ3v) is 4.26. The average Bonchev–Trinajstić information content (AvgIpc) is 2.88. The molecule has 3 rings (SSSR count). The number of rotatable bonds is 4. The number of hydrogen-bond acceptors (Lipinski definition) is 2. The Hall–Kier alpha value is -1.12. The first-order chi connectivity index (χ1) is 9.40. The molecule has 1 aliphatic carbocycles. The summed E-state index contributed by atoms with van der Waals surface area (Å²) in [5, 5.41) is 3.84. The van der Waals surface area contributed by atoms with E-state index in [2.05, 4.69) is 52.7 Å². The maximum atomic E-state index is 3.84. The third kappa shape index (κ3) is 3.68. The van der Waals surface area contributed by atoms with Crippen LogP contribution in [0, 0.1) is 0 Å². The van der Waals surface area contributed by atoms with Gasteiger partial charge in [-0.2, -0.15) is 0 Å². The molecule has 1 aliphatic heterocycles. The summed E-state index contributed by atoms with van der Waals surface area (Å²) in [4.78, 5) is 2.58. The summed E-state index contributed by atoms with van der Waals surface area (Å²) < 4.78 is 0. The van der Waals surface area contributed by atoms with Crippen LogP contribution >= 0.6 is 0 Å². The predicted octanol–water partition coefficient (Wildman–Crippen LogP) is 2.96. The van der Waals surface area contributed by atoms with E-state index in [4.69, 9.17) is 0 Å². The molecule has 1 N–H and O–H groups in total. The summed E-state index contributed by atoms with van der Waals surface area (Å²) in [6, 6.07) is 12.2. The van der Waals surface area contributed by atoms with Gasteiger partial charge in [0.1, 0.15) is 0 Å². The first kappa shape index (κ1) is 12.9. The van der Waals surface area contributed by atoms with Crippen LogP contribution < -0.4 is 5.32 Å². The van der Waals surface area contributed by atoms with Gasteiger partial charge < -0.3 is 5.32 Å². The molecule has 19 heavy (non-hydrogen) atoms. The Balaban J connectivity index is 1.46. The van der Waals surface area contributed by atoms with Gasteiger partial charge in [-0.05, 0) is 31.2 Å². The fourth-order valence-corrected chi connectivity index (χ4v) is 3.23. The molecule has 0 bridgehead atoms. The lowest BCUT2D eigenvalue weighted by atomic mass is 10.0. The Morgan fingerprint density at radius 2 is 1.95 bits per heavy atom. The number of hydrogen-bond donors (Lipinski definition) is 1. The predicted molar refractivity (Wildman–Crippen MR) is 80.0 cm³/mol. The average molecular weight is 256 g/mol. The first-order valence-electron chi connectivity index (χ1n) is 7.57. The Bertz CT molecular complexity index is 413. The van der Waals surface area contributed by atoms with Crippen molar-refractivity contribution >= 4 is 0 Å². The van der Waals surface area contributed by atoms with Gasteiger partial charge in [-0.3, -0.25) is 4.90 Å². The molecule has 2 heteroatoms. The van der Waals surface area contributed by atoms with E-state index < -0.39 is 0 Å². The van der Waals surface area contributed by atoms with Crippen molar-refractivity contribution in [3.8, 4) is 0 Å². The highest BCUT2D eigenvalue weighted by atomic mass is 15.2. The van der Waals surface area contributed by atoms with Crippen LogP contribution in [0.4, 0.5) is 0 Å². The van der Waals surface area contributed by atoms with E-state index in [1.807, 2.05) is 0 Å². The van der Waals surface area contributed by atoms with Crippen LogP contribution in [0.25, 0.3) is 0 Å². The smallest absolute Gasteiger partial charge is 0.0234 e. The fraction of sp³-hybridized carbons (Fsp3) is 0.529. The van der Waals surface area contributed by atoms with E-state index in [1.54, 1.807) is 0 Å². The SMILES string of the molecule is C1=CCC(NC2CCN(Cc3ccccc3)C2)CC1. The van der Waals surface area contributed by atoms with Gasteiger partial charge in [-0.15, -0.1) is 0 Å². The van der Waals surface area contributed by atoms with Gasteiger partial charge in [-0.1, -0.05) is 42.5 Å². The molecular weight excluding hydrogens is 232 g/mol. The summed E-state index contributed by atoms with van der Waals surface area (Å²) in [6.45, 7) is 3.54. The molecule has 1 heterocycles. The Labute approximate surface area is 116 Å². The van der Waals surface area contributed by atoms with Crippen LogP contribution in [-0.4, -0.2) is 30.1 Å². The molecule has 2 aliphatic rings. The molecule has 2 atom stereocenters. The highest BCUT2D eigenvalue weighted by molar-refractivity contribution is 5.14. The Morgan fingerprint density at radius 1 is 1.05 bits per heavy atom. The zero-order valence-electron chi connectivity index (χ0n) is 11.6. The molecule has 0 saturated carbocycles. The molecule has 102 valence electrons. The Kier molecular flexibility index (Phi) is 4.31. The first-order valence-corrected chi connectivity index (χ1v) is 7.57. The van der Waals surface area contributed by atoms with Crippen molar-refractivity contribution in [2.45, 2.75) is 44.3 Å². The van der Waals surface area contributed by atoms with Gasteiger partial charge in [0.05, 0.1) is 0 Å². The number of allylic oxidation sites excluding steroid dienone is 1. The lowest BCUT2D eigenvalue weighted by molar-refractivity contribution is 0.311. The minimum atomic E-state index is 0.695. The fourth-order valence-electron chi connectivity index (χ4n) is 3.23. The number of benzene rings is 1. The molecule has 0 radical (unpaired) electrons. The molecule has 1 aromatic carbocycles. The van der Waals surface area contributed by atoms with Gasteiger partial charge in [0.15, 0.2) is 0 Å². The lowest BCUT2D eigenvalue weighted by Crippen LogP contribution is -2.40. The Morgan fingerprint density at radius 3 is 2.74 bits per heavy atom. The molecular formula is C17H24N2. The number of nitrogens with one attached hydrogen (secondary N) is 1. The number of likely N-dealkylation sites (tertiary alicyclic amines) is 1. The van der Waals surface area contributed by atoms with Crippen LogP contribution in [0.2, 0.25) is 0 Å². The summed E-state index contributed by atoms with van der Waals surface area (Å²) in [6.07, 6.45) is 9.72. The van der Waals surface area contributed by atoms with E-state index in [0.29, 0.717) is 12.1 Å². The molecule has 1 fully saturated rings. The zero-order chi connectivity index (χ0) is 12.9. The van der Waals surface area contributed by atoms with E-state index in [1.165, 1.54) is 44.3 Å². The van der Waals surface area contributed by atoms with Gasteiger partial charge in [0.2, 0.25) is 0 Å². The van der Waals surface area contributed by atoms with E-state index in [0.717, 1.165) is 6.54 Å². The van der Waals surface area contributed by atoms with Crippen molar-refractivity contribution in [1.29, 1.82) is 0 Å². The lowest BCUT2D eigenvalue weighted by Gasteiger charge is -2.24. The molecule has 0 spiro atoms. The van der Waals surface area contributed by atoms with Crippen LogP contribution in [0.1, 0.15) is 31.2 Å². The standard InChI is InChI=1S/C17H24N2/c1-3-7-15(8-4-1)13-19-12-11-17(14-19)18-16-9-5-2-6-10-16/h1-5,7-8,16-18H,6,9-14H2. The normalized spacial score (nSPS) is 27.8. The van der Waals surface area contributed by atoms with Gasteiger partial charge in [-0.25, -0.2) is 0 Å². The van der Waals surface area contributed by atoms with Crippen molar-refractivity contribution in [3.05, 3.63) is 48.0 Å². The van der Waals surface area contributed by atoms with Crippen LogP contribution in [0.3, 0.4) is 0 Å². The highest BCUT2D eigenvalue weighted by Crippen LogP contribution is 2.17. The maximum absolute atomic E-state index is 3.84. The van der Waals surface area contributed by atoms with Crippen LogP contribution in [0.5, 0.6) is 0 Å². The second kappa shape index (κ2) is 6.36. The van der Waals surface area contributed by atoms with Gasteiger partial charge in [0.25, 0.3) is 0 Å². The van der Waals surface area contributed by atoms with Crippen molar-refractivity contribution in [1.82, 2.24) is 10.2 Å². The van der Waals surface area contributed by atoms with Crippen LogP contribution in [-0.2, 0) is 6.54 Å². The minimum Gasteiger partial charge on any atom is -0.310 e. The summed E-state index contributed by atoms with van der Waals surface area (Å²) in [7, 11) is 0. The highest BCUT2D eigenvalue weighted by Gasteiger charge is 2.24. The molecule has 0 amide bonds. The molecule has 2 unspecified atom stereocenters. The van der Waals surface area contributed by atoms with Crippen LogP contribution in [0.15, 0.2) is 42.5 Å². The second-order valence-electron chi connectivity index (χ2n) is 5.85. The quantitative estimate of drug-likeness (QED) is 0.833. The monoisotopic (exact) mass is 256 g/mol. The molecule has 2 nitrogen and oxygen atoms in total. The summed E-state index contributed by atoms with van der Waals surface area (Å²) in [5.74, 6) is 0. The number of nitrogens with zero attached hydrogens (tertiary/aromatic N) is 1. The van der Waals surface area contributed by atoms with E-state index in [-0.39, 0.29) is 0 Å². The zero-order valence-corrected chi connectivity index (χ0v) is 11.6. The maximum Gasteiger partial charge on any atom is 0.0234 e. The minimum absolute atomic E-state index is 0.695. The topological polar surface area (TPSA) is 15.3 Å². The van der Waals surface area contributed by atoms with Crippen molar-refractivity contribution in [3.63, 3.8) is 0 Å². The second-order valence-corrected chi connectivity index (χ2v) is 5.85. The molecule has 1 aromatic rings. The summed E-state index contributed by atoms with van der Waals surface area (Å²) >= 11 is 0. The molecule has 0 aromatic heterocycles. The van der Waals surface area contributed by atoms with Gasteiger partial charge >= 0.3 is 0 Å². The van der Waals surface area contributed by atoms with Crippen molar-refractivity contribution in [2.24, 2.45) is 0 Å². The van der Waals surface area contributed by atoms with E-state index in [9.17, 15) is 0 Å². The largest absolute Gasteiger partial charge is 0.310 e. The molecule has 1 saturated heterocycles.